The molecule has 0 saturated heterocycles. The van der Waals surface area contributed by atoms with Gasteiger partial charge in [0.25, 0.3) is 11.5 Å². The molecular weight excluding hydrogens is 294 g/mol. The quantitative estimate of drug-likeness (QED) is 0.741. The number of anilines is 1. The van der Waals surface area contributed by atoms with Crippen LogP contribution in [0, 0.1) is 6.92 Å². The number of aromatic amines is 1. The lowest BCUT2D eigenvalue weighted by atomic mass is 10.2. The van der Waals surface area contributed by atoms with Gasteiger partial charge in [0, 0.05) is 17.0 Å². The molecule has 0 radical (unpaired) electrons. The zero-order chi connectivity index (χ0) is 15.4. The lowest BCUT2D eigenvalue weighted by Gasteiger charge is -2.00. The highest BCUT2D eigenvalue weighted by molar-refractivity contribution is 7.15. The molecule has 0 saturated carbocycles. The summed E-state index contributed by atoms with van der Waals surface area (Å²) in [7, 11) is 0. The van der Waals surface area contributed by atoms with E-state index < -0.39 is 5.97 Å². The monoisotopic (exact) mass is 305 g/mol. The van der Waals surface area contributed by atoms with Gasteiger partial charge >= 0.3 is 5.97 Å². The van der Waals surface area contributed by atoms with Crippen molar-refractivity contribution in [1.29, 1.82) is 0 Å². The van der Waals surface area contributed by atoms with Crippen molar-refractivity contribution in [2.45, 2.75) is 6.92 Å². The minimum absolute atomic E-state index is 0.230. The second-order valence-corrected chi connectivity index (χ2v) is 5.17. The van der Waals surface area contributed by atoms with Gasteiger partial charge in [0.1, 0.15) is 0 Å². The molecule has 2 aromatic rings. The van der Waals surface area contributed by atoms with Crippen LogP contribution in [0.5, 0.6) is 0 Å². The summed E-state index contributed by atoms with van der Waals surface area (Å²) >= 11 is 1.17. The van der Waals surface area contributed by atoms with Crippen LogP contribution in [0.15, 0.2) is 29.1 Å². The van der Waals surface area contributed by atoms with E-state index in [1.807, 2.05) is 0 Å². The Balaban J connectivity index is 2.16. The Labute approximate surface area is 123 Å². The number of rotatable bonds is 4. The summed E-state index contributed by atoms with van der Waals surface area (Å²) in [5, 5.41) is 17.0. The summed E-state index contributed by atoms with van der Waals surface area (Å²) in [5.74, 6) is -1.20. The Morgan fingerprint density at radius 2 is 2.19 bits per heavy atom. The second kappa shape index (κ2) is 6.14. The number of hydrogen-bond donors (Lipinski definition) is 3. The van der Waals surface area contributed by atoms with E-state index in [0.29, 0.717) is 9.75 Å². The Morgan fingerprint density at radius 1 is 1.43 bits per heavy atom. The number of H-pyrrole nitrogens is 1. The molecule has 2 aromatic heterocycles. The number of aromatic nitrogens is 2. The van der Waals surface area contributed by atoms with Gasteiger partial charge in [-0.2, -0.15) is 5.10 Å². The van der Waals surface area contributed by atoms with Crippen molar-refractivity contribution in [2.24, 2.45) is 0 Å². The van der Waals surface area contributed by atoms with Crippen molar-refractivity contribution < 1.29 is 14.7 Å². The van der Waals surface area contributed by atoms with Gasteiger partial charge in [0.05, 0.1) is 4.88 Å². The molecule has 2 heterocycles. The van der Waals surface area contributed by atoms with Crippen molar-refractivity contribution in [1.82, 2.24) is 10.2 Å². The van der Waals surface area contributed by atoms with Crippen LogP contribution >= 0.6 is 11.3 Å². The predicted octanol–water partition coefficient (Wildman–Crippen LogP) is 1.49. The van der Waals surface area contributed by atoms with Gasteiger partial charge in [-0.05, 0) is 30.7 Å². The summed E-state index contributed by atoms with van der Waals surface area (Å²) in [6.07, 6.45) is 2.46. The minimum atomic E-state index is -1.05. The van der Waals surface area contributed by atoms with Crippen LogP contribution in [0.3, 0.4) is 0 Å². The zero-order valence-corrected chi connectivity index (χ0v) is 11.7. The third kappa shape index (κ3) is 3.86. The fourth-order valence-electron chi connectivity index (χ4n) is 1.51. The van der Waals surface area contributed by atoms with Crippen LogP contribution in [-0.2, 0) is 4.79 Å². The molecular formula is C13H11N3O4S. The second-order valence-electron chi connectivity index (χ2n) is 4.09. The predicted molar refractivity (Wildman–Crippen MR) is 78.5 cm³/mol. The fourth-order valence-corrected chi connectivity index (χ4v) is 2.48. The molecule has 0 spiro atoms. The van der Waals surface area contributed by atoms with Crippen LogP contribution in [-0.4, -0.2) is 27.2 Å². The molecule has 0 aliphatic carbocycles. The molecule has 0 aromatic carbocycles. The van der Waals surface area contributed by atoms with Gasteiger partial charge in [-0.1, -0.05) is 0 Å². The summed E-state index contributed by atoms with van der Waals surface area (Å²) in [4.78, 5) is 34.5. The maximum absolute atomic E-state index is 12.0. The SMILES string of the molecule is Cc1cc(C(=O)Nc2ccc(=O)[nH]n2)sc1/C=C/C(=O)O. The zero-order valence-electron chi connectivity index (χ0n) is 10.9. The van der Waals surface area contributed by atoms with Gasteiger partial charge < -0.3 is 10.4 Å². The number of carboxylic acid groups (broad SMARTS) is 1. The van der Waals surface area contributed by atoms with E-state index in [1.54, 1.807) is 13.0 Å². The first-order chi connectivity index (χ1) is 9.95. The standard InChI is InChI=1S/C13H11N3O4S/c1-7-6-9(21-8(7)2-5-12(18)19)13(20)14-10-3-4-11(17)16-15-10/h2-6H,1H3,(H,16,17)(H,18,19)(H,14,15,20)/b5-2+. The first-order valence-electron chi connectivity index (χ1n) is 5.84. The Hall–Kier alpha value is -2.74. The van der Waals surface area contributed by atoms with Crippen LogP contribution in [0.2, 0.25) is 0 Å². The molecule has 108 valence electrons. The van der Waals surface area contributed by atoms with E-state index in [4.69, 9.17) is 5.11 Å². The van der Waals surface area contributed by atoms with Gasteiger partial charge in [0.2, 0.25) is 0 Å². The Bertz CT molecular complexity index is 755. The number of carboxylic acids is 1. The molecule has 0 aliphatic rings. The number of thiophene rings is 1. The Kier molecular flexibility index (Phi) is 4.29. The molecule has 0 bridgehead atoms. The van der Waals surface area contributed by atoms with Crippen LogP contribution in [0.1, 0.15) is 20.1 Å². The van der Waals surface area contributed by atoms with Crippen LogP contribution < -0.4 is 10.9 Å². The first-order valence-corrected chi connectivity index (χ1v) is 6.66. The van der Waals surface area contributed by atoms with Crippen molar-refractivity contribution in [3.8, 4) is 0 Å². The lowest BCUT2D eigenvalue weighted by Crippen LogP contribution is -2.14. The number of hydrogen-bond acceptors (Lipinski definition) is 5. The number of nitrogens with one attached hydrogen (secondary N) is 2. The molecule has 0 aliphatic heterocycles. The average molecular weight is 305 g/mol. The normalized spacial score (nSPS) is 10.7. The molecule has 1 amide bonds. The molecule has 21 heavy (non-hydrogen) atoms. The molecule has 8 heteroatoms. The molecule has 0 atom stereocenters. The number of aryl methyl sites for hydroxylation is 1. The highest BCUT2D eigenvalue weighted by Gasteiger charge is 2.12. The van der Waals surface area contributed by atoms with E-state index in [-0.39, 0.29) is 17.3 Å². The molecule has 0 unspecified atom stereocenters. The van der Waals surface area contributed by atoms with Crippen molar-refractivity contribution in [3.05, 3.63) is 49.9 Å². The average Bonchev–Trinajstić information content (AvgIpc) is 2.80. The molecule has 0 fully saturated rings. The minimum Gasteiger partial charge on any atom is -0.478 e. The maximum atomic E-state index is 12.0. The number of carbonyl (C=O) groups is 2. The number of carbonyl (C=O) groups excluding carboxylic acids is 1. The third-order valence-corrected chi connectivity index (χ3v) is 3.68. The highest BCUT2D eigenvalue weighted by Crippen LogP contribution is 2.24. The fraction of sp³-hybridized carbons (Fsp3) is 0.0769. The summed E-state index contributed by atoms with van der Waals surface area (Å²) < 4.78 is 0. The van der Waals surface area contributed by atoms with E-state index >= 15 is 0 Å². The van der Waals surface area contributed by atoms with Gasteiger partial charge in [0.15, 0.2) is 5.82 Å². The largest absolute Gasteiger partial charge is 0.478 e. The first kappa shape index (κ1) is 14.7. The molecule has 2 rings (SSSR count). The summed E-state index contributed by atoms with van der Waals surface area (Å²) in [6.45, 7) is 1.78. The van der Waals surface area contributed by atoms with E-state index in [1.165, 1.54) is 29.5 Å². The lowest BCUT2D eigenvalue weighted by molar-refractivity contribution is -0.131. The third-order valence-electron chi connectivity index (χ3n) is 2.48. The van der Waals surface area contributed by atoms with E-state index in [0.717, 1.165) is 11.6 Å². The number of aliphatic carboxylic acids is 1. The highest BCUT2D eigenvalue weighted by atomic mass is 32.1. The van der Waals surface area contributed by atoms with Crippen LogP contribution in [0.25, 0.3) is 6.08 Å². The smallest absolute Gasteiger partial charge is 0.328 e. The van der Waals surface area contributed by atoms with Crippen molar-refractivity contribution >= 4 is 35.1 Å². The van der Waals surface area contributed by atoms with Crippen molar-refractivity contribution in [2.75, 3.05) is 5.32 Å². The van der Waals surface area contributed by atoms with Crippen molar-refractivity contribution in [3.63, 3.8) is 0 Å². The molecule has 7 nitrogen and oxygen atoms in total. The van der Waals surface area contributed by atoms with E-state index in [9.17, 15) is 14.4 Å². The summed E-state index contributed by atoms with van der Waals surface area (Å²) in [5.41, 5.74) is 0.443. The molecule has 3 N–H and O–H groups in total. The number of nitrogens with zero attached hydrogens (tertiary/aromatic N) is 1. The van der Waals surface area contributed by atoms with E-state index in [2.05, 4.69) is 15.5 Å². The maximum Gasteiger partial charge on any atom is 0.328 e. The number of amides is 1. The Morgan fingerprint density at radius 3 is 2.81 bits per heavy atom. The summed E-state index contributed by atoms with van der Waals surface area (Å²) in [6, 6.07) is 4.30. The van der Waals surface area contributed by atoms with Gasteiger partial charge in [-0.15, -0.1) is 11.3 Å². The van der Waals surface area contributed by atoms with Gasteiger partial charge in [-0.25, -0.2) is 9.89 Å². The topological polar surface area (TPSA) is 112 Å². The van der Waals surface area contributed by atoms with Crippen LogP contribution in [0.4, 0.5) is 5.82 Å². The van der Waals surface area contributed by atoms with Gasteiger partial charge in [-0.3, -0.25) is 9.59 Å².